The molecule has 3 aromatic heterocycles. The Morgan fingerprint density at radius 1 is 1.33 bits per heavy atom. The second kappa shape index (κ2) is 9.30. The lowest BCUT2D eigenvalue weighted by Gasteiger charge is -2.10. The van der Waals surface area contributed by atoms with E-state index < -0.39 is 13.0 Å². The highest BCUT2D eigenvalue weighted by Crippen LogP contribution is 2.24. The molecule has 0 fully saturated rings. The van der Waals surface area contributed by atoms with E-state index in [1.165, 1.54) is 6.20 Å². The molecule has 6 nitrogen and oxygen atoms in total. The maximum absolute atomic E-state index is 12.3. The Labute approximate surface area is 178 Å². The van der Waals surface area contributed by atoms with E-state index in [1.54, 1.807) is 16.9 Å². The van der Waals surface area contributed by atoms with Crippen molar-refractivity contribution in [3.05, 3.63) is 59.2 Å². The number of fused-ring (bicyclic) bond motifs is 1. The molecule has 3 rings (SSSR count). The third-order valence-corrected chi connectivity index (χ3v) is 4.82. The van der Waals surface area contributed by atoms with Gasteiger partial charge in [-0.05, 0) is 29.2 Å². The third kappa shape index (κ3) is 5.18. The summed E-state index contributed by atoms with van der Waals surface area (Å²) in [5.74, 6) is 0.172. The van der Waals surface area contributed by atoms with Gasteiger partial charge in [-0.3, -0.25) is 9.67 Å². The van der Waals surface area contributed by atoms with Crippen molar-refractivity contribution in [3.63, 3.8) is 0 Å². The maximum Gasteiger partial charge on any atom is 0.272 e. The molecule has 0 spiro atoms. The number of aromatic nitrogens is 4. The van der Waals surface area contributed by atoms with E-state index in [-0.39, 0.29) is 16.8 Å². The van der Waals surface area contributed by atoms with Crippen LogP contribution in [0.4, 0.5) is 8.78 Å². The van der Waals surface area contributed by atoms with Crippen molar-refractivity contribution in [1.29, 1.82) is 5.41 Å². The van der Waals surface area contributed by atoms with Crippen LogP contribution in [0.5, 0.6) is 5.88 Å². The average molecular weight is 434 g/mol. The molecule has 0 bridgehead atoms. The molecule has 0 radical (unpaired) electrons. The van der Waals surface area contributed by atoms with Gasteiger partial charge < -0.3 is 10.1 Å². The van der Waals surface area contributed by atoms with Gasteiger partial charge in [-0.1, -0.05) is 32.0 Å². The van der Waals surface area contributed by atoms with E-state index in [9.17, 15) is 8.78 Å². The first-order valence-corrected chi connectivity index (χ1v) is 9.75. The van der Waals surface area contributed by atoms with Gasteiger partial charge in [-0.25, -0.2) is 13.8 Å². The van der Waals surface area contributed by atoms with Crippen LogP contribution in [-0.4, -0.2) is 38.5 Å². The van der Waals surface area contributed by atoms with Gasteiger partial charge in [-0.15, -0.1) is 0 Å². The topological polar surface area (TPSA) is 76.7 Å². The zero-order chi connectivity index (χ0) is 21.8. The summed E-state index contributed by atoms with van der Waals surface area (Å²) in [7, 11) is 0. The predicted molar refractivity (Wildman–Crippen MR) is 113 cm³/mol. The Morgan fingerprint density at radius 3 is 2.77 bits per heavy atom. The van der Waals surface area contributed by atoms with Crippen molar-refractivity contribution < 1.29 is 13.5 Å². The molecule has 9 heteroatoms. The highest BCUT2D eigenvalue weighted by molar-refractivity contribution is 6.31. The smallest absolute Gasteiger partial charge is 0.272 e. The lowest BCUT2D eigenvalue weighted by molar-refractivity contribution is 0.0796. The van der Waals surface area contributed by atoms with Crippen LogP contribution in [0.15, 0.2) is 42.9 Å². The highest BCUT2D eigenvalue weighted by atomic mass is 35.5. The van der Waals surface area contributed by atoms with E-state index in [0.29, 0.717) is 18.7 Å². The molecule has 0 aliphatic carbocycles. The van der Waals surface area contributed by atoms with Gasteiger partial charge in [0.25, 0.3) is 6.43 Å². The molecule has 0 saturated carbocycles. The first-order chi connectivity index (χ1) is 14.2. The fourth-order valence-electron chi connectivity index (χ4n) is 2.89. The number of hydrogen-bond acceptors (Lipinski definition) is 5. The first kappa shape index (κ1) is 21.8. The standard InChI is InChI=1S/C21H22ClF2N5O/c1-12(2)13(3)17(25)7-19-15-10-29(28-18(15)4-5-26-19)9-14-6-16(22)21(27-8-14)30-11-20(23)24/h4-6,8,10,12,20,25H,3,7,9,11H2,1-2H3. The molecule has 3 heterocycles. The summed E-state index contributed by atoms with van der Waals surface area (Å²) in [6, 6.07) is 3.42. The normalized spacial score (nSPS) is 11.4. The largest absolute Gasteiger partial charge is 0.471 e. The summed E-state index contributed by atoms with van der Waals surface area (Å²) in [5.41, 5.74) is 3.51. The van der Waals surface area contributed by atoms with E-state index in [4.69, 9.17) is 21.7 Å². The van der Waals surface area contributed by atoms with Crippen molar-refractivity contribution >= 4 is 28.2 Å². The Bertz CT molecular complexity index is 1080. The summed E-state index contributed by atoms with van der Waals surface area (Å²) in [5, 5.41) is 13.8. The zero-order valence-corrected chi connectivity index (χ0v) is 17.5. The molecular weight excluding hydrogens is 412 g/mol. The minimum atomic E-state index is -2.60. The second-order valence-electron chi connectivity index (χ2n) is 7.19. The van der Waals surface area contributed by atoms with Crippen molar-refractivity contribution in [2.24, 2.45) is 5.92 Å². The van der Waals surface area contributed by atoms with E-state index in [2.05, 4.69) is 21.6 Å². The maximum atomic E-state index is 12.3. The van der Waals surface area contributed by atoms with Crippen molar-refractivity contribution in [1.82, 2.24) is 19.7 Å². The monoisotopic (exact) mass is 433 g/mol. The van der Waals surface area contributed by atoms with Crippen LogP contribution < -0.4 is 4.74 Å². The number of ether oxygens (including phenoxy) is 1. The Morgan fingerprint density at radius 2 is 2.10 bits per heavy atom. The molecule has 0 aromatic carbocycles. The number of hydrogen-bond donors (Lipinski definition) is 1. The number of halogens is 3. The minimum Gasteiger partial charge on any atom is -0.471 e. The third-order valence-electron chi connectivity index (χ3n) is 4.55. The summed E-state index contributed by atoms with van der Waals surface area (Å²) in [6.07, 6.45) is 2.83. The number of nitrogens with zero attached hydrogens (tertiary/aromatic N) is 4. The van der Waals surface area contributed by atoms with Crippen molar-refractivity contribution in [2.75, 3.05) is 6.61 Å². The molecule has 158 valence electrons. The fourth-order valence-corrected chi connectivity index (χ4v) is 3.13. The molecule has 0 saturated heterocycles. The number of pyridine rings is 2. The quantitative estimate of drug-likeness (QED) is 0.484. The number of rotatable bonds is 9. The summed E-state index contributed by atoms with van der Waals surface area (Å²) in [6.45, 7) is 7.62. The molecule has 0 aliphatic rings. The zero-order valence-electron chi connectivity index (χ0n) is 16.7. The van der Waals surface area contributed by atoms with Crippen LogP contribution in [0.25, 0.3) is 10.9 Å². The fraction of sp³-hybridized carbons (Fsp3) is 0.333. The van der Waals surface area contributed by atoms with Crippen LogP contribution in [0.1, 0.15) is 25.1 Å². The first-order valence-electron chi connectivity index (χ1n) is 9.37. The number of alkyl halides is 2. The molecule has 3 aromatic rings. The molecule has 30 heavy (non-hydrogen) atoms. The van der Waals surface area contributed by atoms with Gasteiger partial charge in [0.15, 0.2) is 6.61 Å². The van der Waals surface area contributed by atoms with Crippen molar-refractivity contribution in [2.45, 2.75) is 33.2 Å². The lowest BCUT2D eigenvalue weighted by Crippen LogP contribution is -2.10. The van der Waals surface area contributed by atoms with Gasteiger partial charge >= 0.3 is 0 Å². The summed E-state index contributed by atoms with van der Waals surface area (Å²) < 4.78 is 31.2. The number of nitrogens with one attached hydrogen (secondary N) is 1. The minimum absolute atomic E-state index is 0.0262. The number of allylic oxidation sites excluding steroid dienone is 1. The van der Waals surface area contributed by atoms with Gasteiger partial charge in [0.05, 0.1) is 17.8 Å². The lowest BCUT2D eigenvalue weighted by atomic mass is 9.96. The summed E-state index contributed by atoms with van der Waals surface area (Å²) >= 11 is 6.09. The van der Waals surface area contributed by atoms with Gasteiger partial charge in [0.2, 0.25) is 5.88 Å². The second-order valence-corrected chi connectivity index (χ2v) is 7.59. The molecule has 0 aliphatic heterocycles. The van der Waals surface area contributed by atoms with E-state index in [1.807, 2.05) is 26.1 Å². The average Bonchev–Trinajstić information content (AvgIpc) is 3.10. The van der Waals surface area contributed by atoms with Crippen LogP contribution in [0, 0.1) is 11.3 Å². The Balaban J connectivity index is 1.79. The molecule has 1 N–H and O–H groups in total. The van der Waals surface area contributed by atoms with Gasteiger partial charge in [0, 0.05) is 36.1 Å². The summed E-state index contributed by atoms with van der Waals surface area (Å²) in [4.78, 5) is 8.44. The van der Waals surface area contributed by atoms with E-state index in [0.717, 1.165) is 27.7 Å². The van der Waals surface area contributed by atoms with Crippen molar-refractivity contribution in [3.8, 4) is 5.88 Å². The van der Waals surface area contributed by atoms with E-state index >= 15 is 0 Å². The van der Waals surface area contributed by atoms with Crippen LogP contribution in [0.2, 0.25) is 5.02 Å². The molecule has 0 unspecified atom stereocenters. The van der Waals surface area contributed by atoms with Gasteiger partial charge in [0.1, 0.15) is 5.02 Å². The SMILES string of the molecule is C=C(C(=N)Cc1nccc2nn(Cc3cnc(OCC(F)F)c(Cl)c3)cc12)C(C)C. The molecule has 0 amide bonds. The molecular formula is C21H22ClF2N5O. The molecule has 0 atom stereocenters. The Hall–Kier alpha value is -2.87. The van der Waals surface area contributed by atoms with Crippen LogP contribution in [0.3, 0.4) is 0 Å². The predicted octanol–water partition coefficient (Wildman–Crippen LogP) is 4.95. The van der Waals surface area contributed by atoms with Gasteiger partial charge in [-0.2, -0.15) is 5.10 Å². The highest BCUT2D eigenvalue weighted by Gasteiger charge is 2.14. The van der Waals surface area contributed by atoms with Crippen LogP contribution in [-0.2, 0) is 13.0 Å². The Kier molecular flexibility index (Phi) is 6.77. The van der Waals surface area contributed by atoms with Crippen LogP contribution >= 0.6 is 11.6 Å².